The van der Waals surface area contributed by atoms with Crippen molar-refractivity contribution in [2.75, 3.05) is 6.54 Å². The van der Waals surface area contributed by atoms with Crippen LogP contribution in [0, 0.1) is 11.8 Å². The molecule has 2 N–H and O–H groups in total. The highest BCUT2D eigenvalue weighted by Gasteiger charge is 2.38. The van der Waals surface area contributed by atoms with E-state index in [0.29, 0.717) is 6.04 Å². The lowest BCUT2D eigenvalue weighted by Gasteiger charge is -2.39. The van der Waals surface area contributed by atoms with Gasteiger partial charge in [0.05, 0.1) is 6.04 Å². The topological polar surface area (TPSA) is 46.3 Å². The molecule has 16 heavy (non-hydrogen) atoms. The van der Waals surface area contributed by atoms with Crippen LogP contribution >= 0.6 is 0 Å². The Morgan fingerprint density at radius 1 is 1.25 bits per heavy atom. The molecular weight excluding hydrogens is 200 g/mol. The molecule has 0 aromatic rings. The quantitative estimate of drug-likeness (QED) is 0.777. The SMILES string of the molecule is CC(C)[C@H](N)C(=O)N1CCCC2CCCC21. The van der Waals surface area contributed by atoms with Crippen molar-refractivity contribution >= 4 is 5.91 Å². The van der Waals surface area contributed by atoms with Gasteiger partial charge in [-0.1, -0.05) is 20.3 Å². The molecule has 2 fully saturated rings. The van der Waals surface area contributed by atoms with Crippen LogP contribution in [0.2, 0.25) is 0 Å². The largest absolute Gasteiger partial charge is 0.338 e. The molecule has 0 aromatic heterocycles. The van der Waals surface area contributed by atoms with E-state index in [4.69, 9.17) is 5.73 Å². The van der Waals surface area contributed by atoms with E-state index in [1.54, 1.807) is 0 Å². The number of piperidine rings is 1. The normalized spacial score (nSPS) is 31.6. The van der Waals surface area contributed by atoms with Crippen molar-refractivity contribution in [2.24, 2.45) is 17.6 Å². The molecule has 2 aliphatic rings. The molecule has 3 heteroatoms. The first-order valence-corrected chi connectivity index (χ1v) is 6.67. The van der Waals surface area contributed by atoms with Crippen molar-refractivity contribution in [2.45, 2.75) is 58.0 Å². The Hall–Kier alpha value is -0.570. The van der Waals surface area contributed by atoms with Gasteiger partial charge in [0.2, 0.25) is 5.91 Å². The first-order valence-electron chi connectivity index (χ1n) is 6.67. The number of rotatable bonds is 2. The van der Waals surface area contributed by atoms with Crippen molar-refractivity contribution in [1.82, 2.24) is 4.90 Å². The molecule has 1 saturated carbocycles. The van der Waals surface area contributed by atoms with Gasteiger partial charge in [-0.3, -0.25) is 4.79 Å². The van der Waals surface area contributed by atoms with Crippen molar-refractivity contribution in [3.05, 3.63) is 0 Å². The molecule has 2 rings (SSSR count). The molecule has 0 bridgehead atoms. The summed E-state index contributed by atoms with van der Waals surface area (Å²) < 4.78 is 0. The lowest BCUT2D eigenvalue weighted by Crippen LogP contribution is -2.53. The van der Waals surface area contributed by atoms with E-state index < -0.39 is 0 Å². The number of hydrogen-bond acceptors (Lipinski definition) is 2. The van der Waals surface area contributed by atoms with Gasteiger partial charge in [0.15, 0.2) is 0 Å². The van der Waals surface area contributed by atoms with E-state index in [1.165, 1.54) is 25.7 Å². The van der Waals surface area contributed by atoms with E-state index in [1.807, 2.05) is 13.8 Å². The van der Waals surface area contributed by atoms with Crippen LogP contribution < -0.4 is 5.73 Å². The fraction of sp³-hybridized carbons (Fsp3) is 0.923. The van der Waals surface area contributed by atoms with Crippen LogP contribution in [0.15, 0.2) is 0 Å². The average molecular weight is 224 g/mol. The minimum atomic E-state index is -0.306. The second-order valence-corrected chi connectivity index (χ2v) is 5.70. The van der Waals surface area contributed by atoms with Crippen molar-refractivity contribution in [1.29, 1.82) is 0 Å². The average Bonchev–Trinajstić information content (AvgIpc) is 2.74. The molecule has 0 spiro atoms. The minimum absolute atomic E-state index is 0.187. The predicted molar refractivity (Wildman–Crippen MR) is 64.9 cm³/mol. The standard InChI is InChI=1S/C13H24N2O/c1-9(2)12(14)13(16)15-8-4-6-10-5-3-7-11(10)15/h9-12H,3-8,14H2,1-2H3/t10?,11?,12-/m0/s1. The van der Waals surface area contributed by atoms with Crippen molar-refractivity contribution < 1.29 is 4.79 Å². The van der Waals surface area contributed by atoms with E-state index in [9.17, 15) is 4.79 Å². The summed E-state index contributed by atoms with van der Waals surface area (Å²) in [7, 11) is 0. The Kier molecular flexibility index (Phi) is 3.53. The number of fused-ring (bicyclic) bond motifs is 1. The molecule has 1 aliphatic carbocycles. The molecule has 1 heterocycles. The molecule has 3 atom stereocenters. The summed E-state index contributed by atoms with van der Waals surface area (Å²) in [6, 6.07) is 0.199. The van der Waals surface area contributed by atoms with Gasteiger partial charge < -0.3 is 10.6 Å². The van der Waals surface area contributed by atoms with Crippen LogP contribution in [0.5, 0.6) is 0 Å². The van der Waals surface area contributed by atoms with E-state index in [2.05, 4.69) is 4.90 Å². The first-order chi connectivity index (χ1) is 7.61. The van der Waals surface area contributed by atoms with Crippen LogP contribution in [0.1, 0.15) is 46.0 Å². The maximum atomic E-state index is 12.3. The number of nitrogens with zero attached hydrogens (tertiary/aromatic N) is 1. The van der Waals surface area contributed by atoms with Crippen LogP contribution in [0.25, 0.3) is 0 Å². The Bertz CT molecular complexity index is 265. The van der Waals surface area contributed by atoms with Gasteiger partial charge in [0.1, 0.15) is 0 Å². The molecule has 2 unspecified atom stereocenters. The van der Waals surface area contributed by atoms with Gasteiger partial charge in [-0.25, -0.2) is 0 Å². The molecular formula is C13H24N2O. The van der Waals surface area contributed by atoms with Crippen LogP contribution in [0.4, 0.5) is 0 Å². The summed E-state index contributed by atoms with van der Waals surface area (Å²) in [6.45, 7) is 4.98. The van der Waals surface area contributed by atoms with Gasteiger partial charge in [-0.05, 0) is 37.5 Å². The smallest absolute Gasteiger partial charge is 0.240 e. The number of nitrogens with two attached hydrogens (primary N) is 1. The van der Waals surface area contributed by atoms with Gasteiger partial charge in [-0.2, -0.15) is 0 Å². The van der Waals surface area contributed by atoms with Gasteiger partial charge in [-0.15, -0.1) is 0 Å². The number of amides is 1. The summed E-state index contributed by atoms with van der Waals surface area (Å²) in [5, 5.41) is 0. The molecule has 0 radical (unpaired) electrons. The van der Waals surface area contributed by atoms with Crippen molar-refractivity contribution in [3.8, 4) is 0 Å². The predicted octanol–water partition coefficient (Wildman–Crippen LogP) is 1.76. The number of hydrogen-bond donors (Lipinski definition) is 1. The molecule has 1 saturated heterocycles. The first kappa shape index (κ1) is 11.9. The fourth-order valence-electron chi connectivity index (χ4n) is 3.20. The summed E-state index contributed by atoms with van der Waals surface area (Å²) in [5.74, 6) is 1.19. The highest BCUT2D eigenvalue weighted by molar-refractivity contribution is 5.82. The molecule has 0 aromatic carbocycles. The number of carbonyl (C=O) groups excluding carboxylic acids is 1. The maximum Gasteiger partial charge on any atom is 0.240 e. The van der Waals surface area contributed by atoms with E-state index in [-0.39, 0.29) is 17.9 Å². The van der Waals surface area contributed by atoms with Crippen molar-refractivity contribution in [3.63, 3.8) is 0 Å². The zero-order chi connectivity index (χ0) is 11.7. The van der Waals surface area contributed by atoms with Crippen LogP contribution in [-0.4, -0.2) is 29.4 Å². The molecule has 1 amide bonds. The summed E-state index contributed by atoms with van der Waals surface area (Å²) in [4.78, 5) is 14.4. The highest BCUT2D eigenvalue weighted by atomic mass is 16.2. The monoisotopic (exact) mass is 224 g/mol. The highest BCUT2D eigenvalue weighted by Crippen LogP contribution is 2.37. The lowest BCUT2D eigenvalue weighted by atomic mass is 9.90. The number of carbonyl (C=O) groups is 1. The lowest BCUT2D eigenvalue weighted by molar-refractivity contribution is -0.138. The molecule has 3 nitrogen and oxygen atoms in total. The zero-order valence-electron chi connectivity index (χ0n) is 10.5. The summed E-state index contributed by atoms with van der Waals surface area (Å²) >= 11 is 0. The van der Waals surface area contributed by atoms with E-state index >= 15 is 0 Å². The van der Waals surface area contributed by atoms with Gasteiger partial charge in [0.25, 0.3) is 0 Å². The summed E-state index contributed by atoms with van der Waals surface area (Å²) in [5.41, 5.74) is 5.98. The second-order valence-electron chi connectivity index (χ2n) is 5.70. The third-order valence-corrected chi connectivity index (χ3v) is 4.28. The Balaban J connectivity index is 2.05. The third-order valence-electron chi connectivity index (χ3n) is 4.28. The molecule has 92 valence electrons. The number of likely N-dealkylation sites (tertiary alicyclic amines) is 1. The third kappa shape index (κ3) is 2.10. The maximum absolute atomic E-state index is 12.3. The van der Waals surface area contributed by atoms with Gasteiger partial charge in [0, 0.05) is 12.6 Å². The Morgan fingerprint density at radius 3 is 2.62 bits per heavy atom. The van der Waals surface area contributed by atoms with Gasteiger partial charge >= 0.3 is 0 Å². The second kappa shape index (κ2) is 4.74. The Morgan fingerprint density at radius 2 is 1.94 bits per heavy atom. The van der Waals surface area contributed by atoms with E-state index in [0.717, 1.165) is 18.9 Å². The molecule has 1 aliphatic heterocycles. The summed E-state index contributed by atoms with van der Waals surface area (Å²) in [6.07, 6.45) is 6.27. The van der Waals surface area contributed by atoms with Crippen LogP contribution in [0.3, 0.4) is 0 Å². The minimum Gasteiger partial charge on any atom is -0.338 e. The zero-order valence-corrected chi connectivity index (χ0v) is 10.5. The Labute approximate surface area is 98.4 Å². The fourth-order valence-corrected chi connectivity index (χ4v) is 3.20. The van der Waals surface area contributed by atoms with Crippen LogP contribution in [-0.2, 0) is 4.79 Å².